The Hall–Kier alpha value is -1.62. The third-order valence-corrected chi connectivity index (χ3v) is 3.17. The van der Waals surface area contributed by atoms with Crippen LogP contribution in [0.2, 0.25) is 0 Å². The molecule has 1 aromatic rings. The van der Waals surface area contributed by atoms with Crippen LogP contribution in [0.15, 0.2) is 23.0 Å². The molecule has 1 amide bonds. The zero-order valence-corrected chi connectivity index (χ0v) is 10.9. The van der Waals surface area contributed by atoms with Crippen LogP contribution in [-0.4, -0.2) is 23.5 Å². The summed E-state index contributed by atoms with van der Waals surface area (Å²) in [6.07, 6.45) is 1.99. The Morgan fingerprint density at radius 1 is 1.39 bits per heavy atom. The Balaban J connectivity index is 2.53. The summed E-state index contributed by atoms with van der Waals surface area (Å²) in [7, 11) is 0. The van der Waals surface area contributed by atoms with E-state index in [2.05, 4.69) is 24.1 Å². The van der Waals surface area contributed by atoms with Crippen molar-refractivity contribution < 1.29 is 4.79 Å². The summed E-state index contributed by atoms with van der Waals surface area (Å²) in [5, 5.41) is 2.74. The topological polar surface area (TPSA) is 88.0 Å². The number of amides is 1. The van der Waals surface area contributed by atoms with Gasteiger partial charge >= 0.3 is 0 Å². The first kappa shape index (κ1) is 14.4. The van der Waals surface area contributed by atoms with Gasteiger partial charge in [0.15, 0.2) is 0 Å². The van der Waals surface area contributed by atoms with E-state index in [4.69, 9.17) is 5.73 Å². The number of aromatic amines is 1. The molecule has 5 nitrogen and oxygen atoms in total. The molecule has 0 saturated carbocycles. The molecule has 18 heavy (non-hydrogen) atoms. The van der Waals surface area contributed by atoms with Gasteiger partial charge in [-0.1, -0.05) is 32.8 Å². The lowest BCUT2D eigenvalue weighted by molar-refractivity contribution is 0.0942. The maximum absolute atomic E-state index is 11.8. The molecule has 100 valence electrons. The fourth-order valence-corrected chi connectivity index (χ4v) is 1.95. The van der Waals surface area contributed by atoms with Gasteiger partial charge < -0.3 is 16.0 Å². The molecule has 5 heteroatoms. The third kappa shape index (κ3) is 4.00. The molecular formula is C13H21N3O2. The van der Waals surface area contributed by atoms with Crippen molar-refractivity contribution in [2.75, 3.05) is 6.54 Å². The van der Waals surface area contributed by atoms with Crippen LogP contribution < -0.4 is 16.6 Å². The predicted molar refractivity (Wildman–Crippen MR) is 71.4 cm³/mol. The van der Waals surface area contributed by atoms with Crippen molar-refractivity contribution in [2.24, 2.45) is 11.7 Å². The first-order chi connectivity index (χ1) is 8.58. The van der Waals surface area contributed by atoms with Crippen LogP contribution in [0.4, 0.5) is 0 Å². The summed E-state index contributed by atoms with van der Waals surface area (Å²) < 4.78 is 0. The highest BCUT2D eigenvalue weighted by Crippen LogP contribution is 2.10. The van der Waals surface area contributed by atoms with E-state index in [1.54, 1.807) is 12.1 Å². The summed E-state index contributed by atoms with van der Waals surface area (Å²) in [6, 6.07) is 4.43. The van der Waals surface area contributed by atoms with Gasteiger partial charge in [0.1, 0.15) is 5.69 Å². The van der Waals surface area contributed by atoms with Crippen molar-refractivity contribution in [1.29, 1.82) is 0 Å². The third-order valence-electron chi connectivity index (χ3n) is 3.17. The summed E-state index contributed by atoms with van der Waals surface area (Å²) in [5.41, 5.74) is 5.99. The minimum absolute atomic E-state index is 0.0561. The Morgan fingerprint density at radius 2 is 2.06 bits per heavy atom. The zero-order valence-electron chi connectivity index (χ0n) is 10.9. The normalized spacial score (nSPS) is 12.4. The molecule has 1 atom stereocenters. The van der Waals surface area contributed by atoms with Gasteiger partial charge in [-0.3, -0.25) is 9.59 Å². The number of carbonyl (C=O) groups excluding carboxylic acids is 1. The second-order valence-electron chi connectivity index (χ2n) is 4.38. The Bertz CT molecular complexity index is 438. The molecule has 0 bridgehead atoms. The second-order valence-corrected chi connectivity index (χ2v) is 4.38. The van der Waals surface area contributed by atoms with Gasteiger partial charge in [0.25, 0.3) is 5.91 Å². The molecule has 1 rings (SSSR count). The van der Waals surface area contributed by atoms with Crippen molar-refractivity contribution in [1.82, 2.24) is 10.3 Å². The lowest BCUT2D eigenvalue weighted by atomic mass is 9.95. The average molecular weight is 251 g/mol. The number of H-pyrrole nitrogens is 1. The van der Waals surface area contributed by atoms with Crippen molar-refractivity contribution in [3.8, 4) is 0 Å². The summed E-state index contributed by atoms with van der Waals surface area (Å²) >= 11 is 0. The highest BCUT2D eigenvalue weighted by atomic mass is 16.2. The minimum atomic E-state index is -0.297. The highest BCUT2D eigenvalue weighted by Gasteiger charge is 2.15. The first-order valence-corrected chi connectivity index (χ1v) is 6.31. The Morgan fingerprint density at radius 3 is 2.61 bits per heavy atom. The maximum Gasteiger partial charge on any atom is 0.267 e. The Kier molecular flexibility index (Phi) is 5.58. The summed E-state index contributed by atoms with van der Waals surface area (Å²) in [6.45, 7) is 4.59. The highest BCUT2D eigenvalue weighted by molar-refractivity contribution is 5.92. The molecule has 0 aliphatic rings. The van der Waals surface area contributed by atoms with E-state index >= 15 is 0 Å². The fourth-order valence-electron chi connectivity index (χ4n) is 1.95. The van der Waals surface area contributed by atoms with E-state index in [0.717, 1.165) is 12.8 Å². The van der Waals surface area contributed by atoms with Gasteiger partial charge in [-0.25, -0.2) is 0 Å². The number of nitrogens with two attached hydrogens (primary N) is 1. The largest absolute Gasteiger partial charge is 0.349 e. The van der Waals surface area contributed by atoms with E-state index in [9.17, 15) is 9.59 Å². The van der Waals surface area contributed by atoms with Crippen LogP contribution in [0.1, 0.15) is 37.2 Å². The Labute approximate surface area is 107 Å². The molecule has 1 unspecified atom stereocenters. The van der Waals surface area contributed by atoms with E-state index in [1.165, 1.54) is 6.07 Å². The molecule has 0 aromatic carbocycles. The average Bonchev–Trinajstić information content (AvgIpc) is 2.37. The fraction of sp³-hybridized carbons (Fsp3) is 0.538. The summed E-state index contributed by atoms with van der Waals surface area (Å²) in [5.74, 6) is 0.106. The van der Waals surface area contributed by atoms with Crippen LogP contribution in [0.5, 0.6) is 0 Å². The lowest BCUT2D eigenvalue weighted by Crippen LogP contribution is -2.42. The van der Waals surface area contributed by atoms with Crippen LogP contribution in [0.25, 0.3) is 0 Å². The number of hydrogen-bond donors (Lipinski definition) is 3. The number of hydrogen-bond acceptors (Lipinski definition) is 3. The van der Waals surface area contributed by atoms with Crippen LogP contribution in [-0.2, 0) is 0 Å². The monoisotopic (exact) mass is 251 g/mol. The number of rotatable bonds is 6. The van der Waals surface area contributed by atoms with Gasteiger partial charge in [0.05, 0.1) is 0 Å². The molecular weight excluding hydrogens is 230 g/mol. The molecule has 0 aliphatic carbocycles. The quantitative estimate of drug-likeness (QED) is 0.701. The van der Waals surface area contributed by atoms with Crippen molar-refractivity contribution in [3.05, 3.63) is 34.2 Å². The molecule has 4 N–H and O–H groups in total. The lowest BCUT2D eigenvalue weighted by Gasteiger charge is -2.21. The molecule has 0 radical (unpaired) electrons. The number of aromatic nitrogens is 1. The molecule has 0 saturated heterocycles. The second kappa shape index (κ2) is 6.96. The number of nitrogens with one attached hydrogen (secondary N) is 2. The van der Waals surface area contributed by atoms with Crippen LogP contribution >= 0.6 is 0 Å². The van der Waals surface area contributed by atoms with Gasteiger partial charge in [0, 0.05) is 18.7 Å². The van der Waals surface area contributed by atoms with Gasteiger partial charge in [-0.15, -0.1) is 0 Å². The first-order valence-electron chi connectivity index (χ1n) is 6.31. The number of carbonyl (C=O) groups is 1. The maximum atomic E-state index is 11.8. The number of pyridine rings is 1. The molecule has 0 fully saturated rings. The van der Waals surface area contributed by atoms with Gasteiger partial charge in [0.2, 0.25) is 5.56 Å². The van der Waals surface area contributed by atoms with Gasteiger partial charge in [-0.05, 0) is 12.0 Å². The summed E-state index contributed by atoms with van der Waals surface area (Å²) in [4.78, 5) is 25.3. The molecule has 0 spiro atoms. The predicted octanol–water partition coefficient (Wildman–Crippen LogP) is 0.868. The van der Waals surface area contributed by atoms with E-state index in [-0.39, 0.29) is 23.2 Å². The van der Waals surface area contributed by atoms with Crippen LogP contribution in [0, 0.1) is 5.92 Å². The van der Waals surface area contributed by atoms with E-state index in [0.29, 0.717) is 12.5 Å². The van der Waals surface area contributed by atoms with Crippen molar-refractivity contribution in [3.63, 3.8) is 0 Å². The smallest absolute Gasteiger partial charge is 0.267 e. The van der Waals surface area contributed by atoms with Crippen molar-refractivity contribution >= 4 is 5.91 Å². The van der Waals surface area contributed by atoms with E-state index in [1.807, 2.05) is 0 Å². The van der Waals surface area contributed by atoms with E-state index < -0.39 is 0 Å². The molecule has 0 aliphatic heterocycles. The zero-order chi connectivity index (χ0) is 13.5. The molecule has 1 aromatic heterocycles. The van der Waals surface area contributed by atoms with Crippen LogP contribution in [0.3, 0.4) is 0 Å². The minimum Gasteiger partial charge on any atom is -0.349 e. The standard InChI is InChI=1S/C13H21N3O2/c1-3-9(4-2)10(14)8-15-13(18)11-6-5-7-12(17)16-11/h5-7,9-10H,3-4,8,14H2,1-2H3,(H,15,18)(H,16,17). The SMILES string of the molecule is CCC(CC)C(N)CNC(=O)c1cccc(=O)[nH]1. The molecule has 1 heterocycles. The van der Waals surface area contributed by atoms with Gasteiger partial charge in [-0.2, -0.15) is 0 Å². The van der Waals surface area contributed by atoms with Crippen molar-refractivity contribution in [2.45, 2.75) is 32.7 Å².